The Morgan fingerprint density at radius 3 is 2.52 bits per heavy atom. The minimum absolute atomic E-state index is 0.0923. The van der Waals surface area contributed by atoms with Crippen molar-refractivity contribution in [1.82, 2.24) is 10.2 Å². The summed E-state index contributed by atoms with van der Waals surface area (Å²) in [5.41, 5.74) is 1.39. The second-order valence-corrected chi connectivity index (χ2v) is 9.17. The van der Waals surface area contributed by atoms with Crippen molar-refractivity contribution < 1.29 is 23.9 Å². The van der Waals surface area contributed by atoms with Crippen molar-refractivity contribution in [3.05, 3.63) is 62.6 Å². The highest BCUT2D eigenvalue weighted by atomic mass is 79.9. The summed E-state index contributed by atoms with van der Waals surface area (Å²) in [5, 5.41) is 2.93. The molecule has 1 aliphatic heterocycles. The molecule has 4 amide bonds. The third-order valence-electron chi connectivity index (χ3n) is 5.68. The van der Waals surface area contributed by atoms with E-state index in [1.54, 1.807) is 24.3 Å². The number of ether oxygens (including phenoxy) is 2. The Kier molecular flexibility index (Phi) is 7.05. The molecule has 1 heterocycles. The van der Waals surface area contributed by atoms with Crippen molar-refractivity contribution in [2.24, 2.45) is 0 Å². The first-order valence-electron chi connectivity index (χ1n) is 10.5. The first kappa shape index (κ1) is 23.3. The minimum Gasteiger partial charge on any atom is -0.493 e. The van der Waals surface area contributed by atoms with Crippen LogP contribution in [0.3, 0.4) is 0 Å². The molecular formula is C24H22BrClN2O5. The lowest BCUT2D eigenvalue weighted by Crippen LogP contribution is -2.57. The van der Waals surface area contributed by atoms with E-state index in [9.17, 15) is 14.4 Å². The smallest absolute Gasteiger partial charge is 0.331 e. The van der Waals surface area contributed by atoms with E-state index in [2.05, 4.69) is 21.2 Å². The fourth-order valence-electron chi connectivity index (χ4n) is 4.03. The van der Waals surface area contributed by atoms with Crippen LogP contribution < -0.4 is 14.8 Å². The zero-order valence-corrected chi connectivity index (χ0v) is 20.2. The molecule has 0 atom stereocenters. The zero-order valence-electron chi connectivity index (χ0n) is 17.9. The Balaban J connectivity index is 1.59. The van der Waals surface area contributed by atoms with Gasteiger partial charge in [-0.3, -0.25) is 19.8 Å². The number of nitrogens with zero attached hydrogens (tertiary/aromatic N) is 1. The first-order chi connectivity index (χ1) is 15.9. The van der Waals surface area contributed by atoms with E-state index in [4.69, 9.17) is 21.1 Å². The van der Waals surface area contributed by atoms with Crippen LogP contribution in [-0.2, 0) is 16.2 Å². The van der Waals surface area contributed by atoms with Crippen LogP contribution in [0, 0.1) is 0 Å². The summed E-state index contributed by atoms with van der Waals surface area (Å²) < 4.78 is 12.0. The maximum atomic E-state index is 13.0. The number of hydrogen-bond acceptors (Lipinski definition) is 5. The Morgan fingerprint density at radius 1 is 1.15 bits per heavy atom. The van der Waals surface area contributed by atoms with Crippen molar-refractivity contribution >= 4 is 51.5 Å². The topological polar surface area (TPSA) is 84.9 Å². The third-order valence-corrected chi connectivity index (χ3v) is 6.52. The Bertz CT molecular complexity index is 1130. The maximum Gasteiger partial charge on any atom is 0.331 e. The molecule has 2 aromatic rings. The molecule has 1 N–H and O–H groups in total. The summed E-state index contributed by atoms with van der Waals surface area (Å²) in [7, 11) is 1.51. The number of barbiturate groups is 1. The lowest BCUT2D eigenvalue weighted by atomic mass is 10.0. The van der Waals surface area contributed by atoms with Gasteiger partial charge in [-0.15, -0.1) is 0 Å². The van der Waals surface area contributed by atoms with E-state index in [0.717, 1.165) is 31.2 Å². The van der Waals surface area contributed by atoms with Gasteiger partial charge in [0, 0.05) is 11.1 Å². The van der Waals surface area contributed by atoms with Crippen molar-refractivity contribution in [3.63, 3.8) is 0 Å². The molecule has 2 aromatic carbocycles. The number of halogens is 2. The molecule has 7 nitrogen and oxygen atoms in total. The molecule has 1 saturated heterocycles. The molecule has 0 bridgehead atoms. The number of rotatable bonds is 6. The third kappa shape index (κ3) is 5.07. The number of imide groups is 2. The standard InChI is InChI=1S/C24H22BrClN2O5/c1-32-20-12-15(11-19(25)21(20)33-13-14-6-8-16(26)9-7-14)10-18-22(29)27-24(31)28(23(18)30)17-4-2-3-5-17/h6-12,17H,2-5,13H2,1H3,(H,27,29,31)/b18-10+. The molecule has 1 aliphatic carbocycles. The Hall–Kier alpha value is -2.84. The van der Waals surface area contributed by atoms with Crippen molar-refractivity contribution in [2.75, 3.05) is 7.11 Å². The number of carbonyl (C=O) groups excluding carboxylic acids is 3. The molecule has 0 radical (unpaired) electrons. The van der Waals surface area contributed by atoms with E-state index in [-0.39, 0.29) is 11.6 Å². The van der Waals surface area contributed by atoms with Crippen LogP contribution >= 0.6 is 27.5 Å². The number of hydrogen-bond donors (Lipinski definition) is 1. The molecule has 172 valence electrons. The van der Waals surface area contributed by atoms with Crippen LogP contribution in [0.15, 0.2) is 46.4 Å². The highest BCUT2D eigenvalue weighted by Crippen LogP contribution is 2.38. The van der Waals surface area contributed by atoms with E-state index in [1.807, 2.05) is 12.1 Å². The molecule has 0 unspecified atom stereocenters. The van der Waals surface area contributed by atoms with Crippen LogP contribution in [0.25, 0.3) is 6.08 Å². The molecule has 1 saturated carbocycles. The van der Waals surface area contributed by atoms with Gasteiger partial charge in [0.05, 0.1) is 11.6 Å². The number of methoxy groups -OCH3 is 1. The fourth-order valence-corrected chi connectivity index (χ4v) is 4.73. The van der Waals surface area contributed by atoms with Crippen molar-refractivity contribution in [2.45, 2.75) is 38.3 Å². The average molecular weight is 534 g/mol. The quantitative estimate of drug-likeness (QED) is 0.413. The molecule has 4 rings (SSSR count). The molecule has 33 heavy (non-hydrogen) atoms. The Morgan fingerprint density at radius 2 is 1.85 bits per heavy atom. The van der Waals surface area contributed by atoms with E-state index in [1.165, 1.54) is 18.1 Å². The van der Waals surface area contributed by atoms with Crippen molar-refractivity contribution in [1.29, 1.82) is 0 Å². The highest BCUT2D eigenvalue weighted by Gasteiger charge is 2.40. The summed E-state index contributed by atoms with van der Waals surface area (Å²) in [6.45, 7) is 0.298. The monoisotopic (exact) mass is 532 g/mol. The maximum absolute atomic E-state index is 13.0. The van der Waals surface area contributed by atoms with Gasteiger partial charge in [-0.1, -0.05) is 36.6 Å². The first-order valence-corrected chi connectivity index (χ1v) is 11.7. The van der Waals surface area contributed by atoms with Gasteiger partial charge in [-0.2, -0.15) is 0 Å². The van der Waals surface area contributed by atoms with Gasteiger partial charge >= 0.3 is 6.03 Å². The number of amides is 4. The van der Waals surface area contributed by atoms with Crippen LogP contribution in [-0.4, -0.2) is 35.9 Å². The second kappa shape index (κ2) is 9.97. The number of carbonyl (C=O) groups is 3. The minimum atomic E-state index is -0.711. The van der Waals surface area contributed by atoms with Gasteiger partial charge in [0.2, 0.25) is 0 Å². The predicted molar refractivity (Wildman–Crippen MR) is 127 cm³/mol. The van der Waals surface area contributed by atoms with Gasteiger partial charge in [0.15, 0.2) is 11.5 Å². The van der Waals surface area contributed by atoms with Crippen LogP contribution in [0.2, 0.25) is 5.02 Å². The van der Waals surface area contributed by atoms with Gasteiger partial charge < -0.3 is 9.47 Å². The largest absolute Gasteiger partial charge is 0.493 e. The zero-order chi connectivity index (χ0) is 23.5. The summed E-state index contributed by atoms with van der Waals surface area (Å²) in [6.07, 6.45) is 4.87. The summed E-state index contributed by atoms with van der Waals surface area (Å²) in [4.78, 5) is 38.9. The Labute approximate surface area is 204 Å². The van der Waals surface area contributed by atoms with Crippen LogP contribution in [0.5, 0.6) is 11.5 Å². The number of benzene rings is 2. The van der Waals surface area contributed by atoms with Gasteiger partial charge in [-0.05, 0) is 70.2 Å². The molecule has 2 aliphatic rings. The molecular weight excluding hydrogens is 512 g/mol. The number of urea groups is 1. The molecule has 0 aromatic heterocycles. The number of nitrogens with one attached hydrogen (secondary N) is 1. The average Bonchev–Trinajstić information content (AvgIpc) is 3.31. The molecule has 2 fully saturated rings. The lowest BCUT2D eigenvalue weighted by Gasteiger charge is -2.31. The summed E-state index contributed by atoms with van der Waals surface area (Å²) >= 11 is 9.41. The normalized spacial score (nSPS) is 18.1. The summed E-state index contributed by atoms with van der Waals surface area (Å²) in [5.74, 6) is -0.374. The van der Waals surface area contributed by atoms with Crippen LogP contribution in [0.4, 0.5) is 4.79 Å². The SMILES string of the molecule is COc1cc(/C=C2\C(=O)NC(=O)N(C3CCCC3)C2=O)cc(Br)c1OCc1ccc(Cl)cc1. The molecule has 9 heteroatoms. The second-order valence-electron chi connectivity index (χ2n) is 7.88. The van der Waals surface area contributed by atoms with Gasteiger partial charge in [-0.25, -0.2) is 4.79 Å². The fraction of sp³-hybridized carbons (Fsp3) is 0.292. The lowest BCUT2D eigenvalue weighted by molar-refractivity contribution is -0.131. The predicted octanol–water partition coefficient (Wildman–Crippen LogP) is 5.09. The highest BCUT2D eigenvalue weighted by molar-refractivity contribution is 9.10. The van der Waals surface area contributed by atoms with Gasteiger partial charge in [0.1, 0.15) is 12.2 Å². The molecule has 0 spiro atoms. The van der Waals surface area contributed by atoms with E-state index >= 15 is 0 Å². The van der Waals surface area contributed by atoms with Gasteiger partial charge in [0.25, 0.3) is 11.8 Å². The van der Waals surface area contributed by atoms with E-state index < -0.39 is 17.8 Å². The van der Waals surface area contributed by atoms with Crippen molar-refractivity contribution in [3.8, 4) is 11.5 Å². The van der Waals surface area contributed by atoms with Crippen LogP contribution in [0.1, 0.15) is 36.8 Å². The van der Waals surface area contributed by atoms with E-state index in [0.29, 0.717) is 33.2 Å². The summed E-state index contributed by atoms with van der Waals surface area (Å²) in [6, 6.07) is 9.87.